The number of fused-ring (bicyclic) bond motifs is 25. The van der Waals surface area contributed by atoms with Crippen LogP contribution >= 0.6 is 0 Å². The molecule has 606 valence electrons. The Morgan fingerprint density at radius 2 is 0.512 bits per heavy atom. The van der Waals surface area contributed by atoms with E-state index in [0.717, 1.165) is 11.6 Å². The van der Waals surface area contributed by atoms with Crippen LogP contribution in [0.1, 0.15) is 97.2 Å². The van der Waals surface area contributed by atoms with Crippen LogP contribution in [-0.2, 0) is 27.1 Å². The molecule has 9 unspecified atom stereocenters. The van der Waals surface area contributed by atoms with Crippen molar-refractivity contribution in [2.24, 2.45) is 23.7 Å². The lowest BCUT2D eigenvalue weighted by Crippen LogP contribution is -2.68. The summed E-state index contributed by atoms with van der Waals surface area (Å²) in [6.07, 6.45) is 43.3. The Labute approximate surface area is 747 Å². The van der Waals surface area contributed by atoms with Crippen LogP contribution in [0.2, 0.25) is 23.3 Å². The Balaban J connectivity index is 0.000000142. The zero-order chi connectivity index (χ0) is 84.8. The maximum atomic E-state index is 5.40. The zero-order valence-corrected chi connectivity index (χ0v) is 72.5. The van der Waals surface area contributed by atoms with Crippen LogP contribution in [0, 0.1) is 23.7 Å². The summed E-state index contributed by atoms with van der Waals surface area (Å²) in [5, 5.41) is 2.65. The van der Waals surface area contributed by atoms with Gasteiger partial charge in [0.2, 0.25) is 13.4 Å². The van der Waals surface area contributed by atoms with Gasteiger partial charge in [0.05, 0.1) is 22.7 Å². The van der Waals surface area contributed by atoms with E-state index in [2.05, 4.69) is 486 Å². The predicted molar refractivity (Wildman–Crippen MR) is 534 cm³/mol. The number of hydrogen-bond acceptors (Lipinski definition) is 5. The summed E-state index contributed by atoms with van der Waals surface area (Å²) in [6.45, 7) is 14.6. The first-order valence-electron chi connectivity index (χ1n) is 46.0. The highest BCUT2D eigenvalue weighted by molar-refractivity contribution is 6.89. The molecular formula is C117H96B4N6. The largest absolute Gasteiger partial charge is 0.380 e. The van der Waals surface area contributed by atoms with Crippen LogP contribution in [0.4, 0.5) is 45.8 Å². The van der Waals surface area contributed by atoms with Crippen molar-refractivity contribution >= 4 is 127 Å². The van der Waals surface area contributed by atoms with Crippen LogP contribution in [0.5, 0.6) is 0 Å². The van der Waals surface area contributed by atoms with Gasteiger partial charge in [0.15, 0.2) is 0 Å². The molecule has 0 saturated heterocycles. The summed E-state index contributed by atoms with van der Waals surface area (Å²) in [5.41, 5.74) is 31.0. The van der Waals surface area contributed by atoms with Gasteiger partial charge in [-0.05, 0) is 163 Å². The first kappa shape index (κ1) is 75.8. The molecule has 6 nitrogen and oxygen atoms in total. The Morgan fingerprint density at radius 3 is 0.874 bits per heavy atom. The zero-order valence-electron chi connectivity index (χ0n) is 72.5. The number of aromatic nitrogens is 3. The van der Waals surface area contributed by atoms with E-state index in [4.69, 9.17) is 9.97 Å². The quantitative estimate of drug-likeness (QED) is 0.155. The van der Waals surface area contributed by atoms with E-state index in [1.165, 1.54) is 144 Å². The molecule has 11 aliphatic rings. The fourth-order valence-electron chi connectivity index (χ4n) is 27.0. The molecule has 0 N–H and O–H groups in total. The maximum Gasteiger partial charge on any atom is 0.301 e. The molecule has 0 saturated carbocycles. The lowest BCUT2D eigenvalue weighted by Gasteiger charge is -2.60. The molecule has 9 atom stereocenters. The van der Waals surface area contributed by atoms with Crippen molar-refractivity contribution in [2.45, 2.75) is 91.9 Å². The number of pyridine rings is 2. The summed E-state index contributed by atoms with van der Waals surface area (Å²) in [6, 6.07) is 119. The molecule has 15 aromatic rings. The van der Waals surface area contributed by atoms with Gasteiger partial charge in [0.1, 0.15) is 11.6 Å². The molecular weight excluding hydrogens is 1530 g/mol. The Kier molecular flexibility index (Phi) is 17.1. The second kappa shape index (κ2) is 28.7. The van der Waals surface area contributed by atoms with Crippen molar-refractivity contribution in [3.8, 4) is 0 Å². The number of benzene rings is 12. The number of rotatable bonds is 6. The van der Waals surface area contributed by atoms with E-state index in [9.17, 15) is 0 Å². The predicted octanol–water partition coefficient (Wildman–Crippen LogP) is 23.2. The highest BCUT2D eigenvalue weighted by Crippen LogP contribution is 2.65. The maximum absolute atomic E-state index is 5.40. The van der Waals surface area contributed by atoms with Gasteiger partial charge in [-0.1, -0.05) is 426 Å². The molecule has 0 amide bonds. The van der Waals surface area contributed by atoms with E-state index in [1.807, 2.05) is 0 Å². The monoisotopic (exact) mass is 1630 g/mol. The minimum atomic E-state index is -0.333. The molecule has 0 radical (unpaired) electrons. The summed E-state index contributed by atoms with van der Waals surface area (Å²) in [5.74, 6) is 3.53. The first-order valence-corrected chi connectivity index (χ1v) is 46.0. The molecule has 12 aromatic carbocycles. The third-order valence-corrected chi connectivity index (χ3v) is 32.1. The van der Waals surface area contributed by atoms with Gasteiger partial charge in [0.25, 0.3) is 0 Å². The summed E-state index contributed by atoms with van der Waals surface area (Å²) < 4.78 is 2.69. The Morgan fingerprint density at radius 1 is 0.244 bits per heavy atom. The number of hydrogen-bond donors (Lipinski definition) is 0. The fourth-order valence-corrected chi connectivity index (χ4v) is 27.0. The molecule has 0 bridgehead atoms. The van der Waals surface area contributed by atoms with E-state index in [-0.39, 0.29) is 101 Å². The molecule has 7 aliphatic heterocycles. The Hall–Kier alpha value is -13.7. The smallest absolute Gasteiger partial charge is 0.301 e. The van der Waals surface area contributed by atoms with Gasteiger partial charge in [0, 0.05) is 72.6 Å². The van der Waals surface area contributed by atoms with Gasteiger partial charge in [-0.25, -0.2) is 9.97 Å². The lowest BCUT2D eigenvalue weighted by molar-refractivity contribution is 0.279. The van der Waals surface area contributed by atoms with Crippen molar-refractivity contribution in [3.05, 3.63) is 481 Å². The van der Waals surface area contributed by atoms with Crippen molar-refractivity contribution in [1.82, 2.24) is 14.4 Å². The minimum absolute atomic E-state index is 0.102. The lowest BCUT2D eigenvalue weighted by atomic mass is 9.19. The normalized spacial score (nSPS) is 23.9. The Bertz CT molecular complexity index is 6860. The second-order valence-corrected chi connectivity index (χ2v) is 38.7. The number of nitrogens with zero attached hydrogens (tertiary/aromatic N) is 6. The topological polar surface area (TPSA) is 40.4 Å². The summed E-state index contributed by atoms with van der Waals surface area (Å²) in [4.78, 5) is 18.3. The molecule has 26 rings (SSSR count). The molecule has 4 aliphatic carbocycles. The molecule has 3 aromatic heterocycles. The van der Waals surface area contributed by atoms with Gasteiger partial charge < -0.3 is 9.29 Å². The van der Waals surface area contributed by atoms with Gasteiger partial charge in [-0.3, -0.25) is 9.80 Å². The third-order valence-electron chi connectivity index (χ3n) is 32.1. The van der Waals surface area contributed by atoms with Crippen molar-refractivity contribution < 1.29 is 0 Å². The summed E-state index contributed by atoms with van der Waals surface area (Å²) >= 11 is 0. The average molecular weight is 1630 g/mol. The molecule has 10 heteroatoms. The van der Waals surface area contributed by atoms with Crippen LogP contribution < -0.4 is 47.4 Å². The SMILES string of the molecule is CC1(C)c2ccccc2N(B2c3ccccc3C3(c4ccccc4B(n4c5ccccc5c5ccccc54)C4C=CC=CC43)C3C=CC=CC23)c2ccccc21.CC1(C)c2ccccc2N(c2ccc(B3c4ccccc4C4(c5ccccc5B(c5ccc(N6c7ccccc7C(C)(C)c7ccccc76)nc5)C5C=CC=CC54)C4C=CC=CC34)cn2)c2ccccc21. The van der Waals surface area contributed by atoms with Gasteiger partial charge >= 0.3 is 13.7 Å². The van der Waals surface area contributed by atoms with E-state index >= 15 is 0 Å². The summed E-state index contributed by atoms with van der Waals surface area (Å²) in [7, 11) is 0. The molecule has 127 heavy (non-hydrogen) atoms. The van der Waals surface area contributed by atoms with E-state index in [0.29, 0.717) is 0 Å². The molecule has 2 spiro atoms. The molecule has 10 heterocycles. The number of anilines is 8. The standard InChI is InChI=1S/C65H54B2N4.C52H42B2N2/c1-63(2)49-25-9-17-33-57(49)70(58-34-18-10-26-50(58)63)61-39-37-43(41-68-61)66-53-29-13-5-21-45(53)65(46-22-6-14-30-54(46)66)47-23-7-15-31-55(47)67(56-32-16-8-24-48(56)65)44-38-40-62(69-42-44)71-59-35-19-11-27-51(59)64(3,4)52-28-12-20-36-60(52)71;1-51(2)41-25-9-17-33-49(41)56(50-34-18-10-26-42(50)51)54-45-29-13-7-23-39(45)52(40-24-8-14-30-46(40)54)37-21-5-11-27-43(37)53(44-28-12-6-22-38(44)52)55-47-31-15-3-19-35(47)36-20-4-16-32-48(36)55/h5-42,45,47,53,55H,1-4H3;3-34,37,39,43,45H,1-2H3. The van der Waals surface area contributed by atoms with Crippen molar-refractivity contribution in [1.29, 1.82) is 0 Å². The van der Waals surface area contributed by atoms with Crippen molar-refractivity contribution in [3.63, 3.8) is 0 Å². The third kappa shape index (κ3) is 10.6. The van der Waals surface area contributed by atoms with E-state index in [1.54, 1.807) is 0 Å². The van der Waals surface area contributed by atoms with E-state index < -0.39 is 0 Å². The van der Waals surface area contributed by atoms with Crippen LogP contribution in [-0.4, -0.2) is 41.6 Å². The first-order chi connectivity index (χ1) is 62.4. The number of allylic oxidation sites excluding steroid dienone is 16. The van der Waals surface area contributed by atoms with Gasteiger partial charge in [-0.15, -0.1) is 0 Å². The highest BCUT2D eigenvalue weighted by Gasteiger charge is 2.66. The van der Waals surface area contributed by atoms with Crippen molar-refractivity contribution in [2.75, 3.05) is 14.6 Å². The highest BCUT2D eigenvalue weighted by atomic mass is 15.2. The van der Waals surface area contributed by atoms with Crippen LogP contribution in [0.3, 0.4) is 0 Å². The fraction of sp³-hybridized carbons (Fsp3) is 0.162. The molecule has 0 fully saturated rings. The second-order valence-electron chi connectivity index (χ2n) is 38.7. The van der Waals surface area contributed by atoms with Gasteiger partial charge in [-0.2, -0.15) is 0 Å². The van der Waals surface area contributed by atoms with Crippen LogP contribution in [0.15, 0.2) is 425 Å². The minimum Gasteiger partial charge on any atom is -0.380 e. The average Bonchev–Trinajstić information content (AvgIpc) is 1.45. The van der Waals surface area contributed by atoms with Crippen LogP contribution in [0.25, 0.3) is 21.8 Å². The number of para-hydroxylation sites is 8.